The molecule has 0 atom stereocenters. The normalized spacial score (nSPS) is 10.9. The van der Waals surface area contributed by atoms with Crippen LogP contribution in [0.5, 0.6) is 0 Å². The number of aromatic nitrogens is 2. The molecule has 0 saturated heterocycles. The third kappa shape index (κ3) is 4.11. The number of hydrogen-bond donors (Lipinski definition) is 1. The lowest BCUT2D eigenvalue weighted by molar-refractivity contribution is 0.519. The molecule has 108 valence electrons. The summed E-state index contributed by atoms with van der Waals surface area (Å²) < 4.78 is 29.5. The molecule has 0 fully saturated rings. The molecular weight excluding hydrogens is 328 g/mol. The maximum atomic E-state index is 13.7. The molecule has 0 saturated carbocycles. The fourth-order valence-corrected chi connectivity index (χ4v) is 2.28. The standard InChI is InChI=1S/C14H16BrF2N3/c15-12-3-4-13(16)11(14(12)17)9-18-5-1-2-7-20-8-6-19-10-20/h3-4,6,8,10,18H,1-2,5,7,9H2. The minimum Gasteiger partial charge on any atom is -0.337 e. The van der Waals surface area contributed by atoms with Gasteiger partial charge in [-0.05, 0) is 47.4 Å². The topological polar surface area (TPSA) is 29.9 Å². The van der Waals surface area contributed by atoms with Gasteiger partial charge in [0.15, 0.2) is 0 Å². The Balaban J connectivity index is 1.70. The number of imidazole rings is 1. The van der Waals surface area contributed by atoms with E-state index in [9.17, 15) is 8.78 Å². The van der Waals surface area contributed by atoms with E-state index in [1.54, 1.807) is 12.5 Å². The highest BCUT2D eigenvalue weighted by Gasteiger charge is 2.11. The Morgan fingerprint density at radius 1 is 1.25 bits per heavy atom. The Morgan fingerprint density at radius 3 is 2.85 bits per heavy atom. The Hall–Kier alpha value is -1.27. The van der Waals surface area contributed by atoms with Crippen LogP contribution in [-0.4, -0.2) is 16.1 Å². The third-order valence-corrected chi connectivity index (χ3v) is 3.63. The number of aryl methyl sites for hydroxylation is 1. The molecular formula is C14H16BrF2N3. The van der Waals surface area contributed by atoms with Crippen LogP contribution >= 0.6 is 15.9 Å². The average Bonchev–Trinajstić information content (AvgIpc) is 2.94. The summed E-state index contributed by atoms with van der Waals surface area (Å²) in [6, 6.07) is 2.64. The molecule has 1 aromatic carbocycles. The smallest absolute Gasteiger partial charge is 0.144 e. The van der Waals surface area contributed by atoms with Crippen LogP contribution < -0.4 is 5.32 Å². The van der Waals surface area contributed by atoms with Gasteiger partial charge in [-0.25, -0.2) is 13.8 Å². The first kappa shape index (κ1) is 15.1. The SMILES string of the molecule is Fc1ccc(Br)c(F)c1CNCCCCn1ccnc1. The molecule has 0 spiro atoms. The predicted octanol–water partition coefficient (Wildman–Crippen LogP) is 3.49. The van der Waals surface area contributed by atoms with Crippen molar-refractivity contribution < 1.29 is 8.78 Å². The summed E-state index contributed by atoms with van der Waals surface area (Å²) >= 11 is 3.06. The molecule has 1 N–H and O–H groups in total. The van der Waals surface area contributed by atoms with E-state index in [1.165, 1.54) is 12.1 Å². The van der Waals surface area contributed by atoms with Gasteiger partial charge < -0.3 is 9.88 Å². The van der Waals surface area contributed by atoms with Crippen molar-refractivity contribution in [2.75, 3.05) is 6.54 Å². The van der Waals surface area contributed by atoms with Crippen LogP contribution in [0.25, 0.3) is 0 Å². The highest BCUT2D eigenvalue weighted by atomic mass is 79.9. The van der Waals surface area contributed by atoms with Crippen LogP contribution in [-0.2, 0) is 13.1 Å². The number of benzene rings is 1. The Kier molecular flexibility index (Phi) is 5.67. The Labute approximate surface area is 125 Å². The van der Waals surface area contributed by atoms with Crippen molar-refractivity contribution >= 4 is 15.9 Å². The summed E-state index contributed by atoms with van der Waals surface area (Å²) in [7, 11) is 0. The number of nitrogens with zero attached hydrogens (tertiary/aromatic N) is 2. The maximum Gasteiger partial charge on any atom is 0.144 e. The number of hydrogen-bond acceptors (Lipinski definition) is 2. The Bertz CT molecular complexity index is 544. The summed E-state index contributed by atoms with van der Waals surface area (Å²) in [6.07, 6.45) is 7.37. The summed E-state index contributed by atoms with van der Waals surface area (Å²) in [5.41, 5.74) is 0.0778. The predicted molar refractivity (Wildman–Crippen MR) is 77.2 cm³/mol. The van der Waals surface area contributed by atoms with E-state index < -0.39 is 11.6 Å². The van der Waals surface area contributed by atoms with Gasteiger partial charge in [0.1, 0.15) is 11.6 Å². The van der Waals surface area contributed by atoms with Crippen LogP contribution in [0.2, 0.25) is 0 Å². The molecule has 0 bridgehead atoms. The van der Waals surface area contributed by atoms with E-state index in [1.807, 2.05) is 10.8 Å². The number of unbranched alkanes of at least 4 members (excludes halogenated alkanes) is 1. The highest BCUT2D eigenvalue weighted by molar-refractivity contribution is 9.10. The minimum atomic E-state index is -0.532. The molecule has 2 aromatic rings. The minimum absolute atomic E-state index is 0.0778. The first-order chi connectivity index (χ1) is 9.68. The number of halogens is 3. The lowest BCUT2D eigenvalue weighted by Crippen LogP contribution is -2.17. The fourth-order valence-electron chi connectivity index (χ4n) is 1.91. The molecule has 1 heterocycles. The zero-order valence-corrected chi connectivity index (χ0v) is 12.5. The van der Waals surface area contributed by atoms with E-state index >= 15 is 0 Å². The largest absolute Gasteiger partial charge is 0.337 e. The summed E-state index contributed by atoms with van der Waals surface area (Å²) in [5.74, 6) is -1.05. The molecule has 2 rings (SSSR count). The van der Waals surface area contributed by atoms with E-state index in [4.69, 9.17) is 0 Å². The molecule has 1 aromatic heterocycles. The van der Waals surface area contributed by atoms with Gasteiger partial charge in [-0.15, -0.1) is 0 Å². The van der Waals surface area contributed by atoms with Crippen molar-refractivity contribution in [2.24, 2.45) is 0 Å². The first-order valence-electron chi connectivity index (χ1n) is 6.47. The highest BCUT2D eigenvalue weighted by Crippen LogP contribution is 2.21. The van der Waals surface area contributed by atoms with E-state index in [0.717, 1.165) is 25.9 Å². The average molecular weight is 344 g/mol. The first-order valence-corrected chi connectivity index (χ1v) is 7.26. The number of rotatable bonds is 7. The van der Waals surface area contributed by atoms with Crippen molar-refractivity contribution in [2.45, 2.75) is 25.9 Å². The van der Waals surface area contributed by atoms with Crippen molar-refractivity contribution in [1.29, 1.82) is 0 Å². The van der Waals surface area contributed by atoms with Crippen molar-refractivity contribution in [3.8, 4) is 0 Å². The van der Waals surface area contributed by atoms with Gasteiger partial charge in [0, 0.05) is 31.0 Å². The third-order valence-electron chi connectivity index (χ3n) is 3.02. The number of nitrogens with one attached hydrogen (secondary N) is 1. The molecule has 20 heavy (non-hydrogen) atoms. The molecule has 6 heteroatoms. The summed E-state index contributed by atoms with van der Waals surface area (Å²) in [6.45, 7) is 1.82. The lowest BCUT2D eigenvalue weighted by Gasteiger charge is -2.08. The maximum absolute atomic E-state index is 13.7. The molecule has 0 radical (unpaired) electrons. The molecule has 0 amide bonds. The lowest BCUT2D eigenvalue weighted by atomic mass is 10.2. The van der Waals surface area contributed by atoms with Crippen molar-refractivity contribution in [3.05, 3.63) is 52.5 Å². The summed E-state index contributed by atoms with van der Waals surface area (Å²) in [5, 5.41) is 3.06. The molecule has 0 aliphatic carbocycles. The van der Waals surface area contributed by atoms with Gasteiger partial charge in [0.05, 0.1) is 10.8 Å². The zero-order chi connectivity index (χ0) is 14.4. The van der Waals surface area contributed by atoms with Gasteiger partial charge in [0.25, 0.3) is 0 Å². The zero-order valence-electron chi connectivity index (χ0n) is 11.0. The van der Waals surface area contributed by atoms with Crippen molar-refractivity contribution in [1.82, 2.24) is 14.9 Å². The van der Waals surface area contributed by atoms with Gasteiger partial charge in [-0.3, -0.25) is 0 Å². The van der Waals surface area contributed by atoms with E-state index in [-0.39, 0.29) is 16.6 Å². The molecule has 0 aliphatic rings. The van der Waals surface area contributed by atoms with Gasteiger partial charge in [0.2, 0.25) is 0 Å². The van der Waals surface area contributed by atoms with Crippen LogP contribution in [0, 0.1) is 11.6 Å². The second-order valence-electron chi connectivity index (χ2n) is 4.51. The Morgan fingerprint density at radius 2 is 2.10 bits per heavy atom. The van der Waals surface area contributed by atoms with Crippen LogP contribution in [0.15, 0.2) is 35.3 Å². The second kappa shape index (κ2) is 7.50. The van der Waals surface area contributed by atoms with Crippen LogP contribution in [0.4, 0.5) is 8.78 Å². The molecule has 0 unspecified atom stereocenters. The monoisotopic (exact) mass is 343 g/mol. The van der Waals surface area contributed by atoms with Crippen LogP contribution in [0.3, 0.4) is 0 Å². The van der Waals surface area contributed by atoms with Gasteiger partial charge in [-0.2, -0.15) is 0 Å². The fraction of sp³-hybridized carbons (Fsp3) is 0.357. The van der Waals surface area contributed by atoms with Gasteiger partial charge >= 0.3 is 0 Å². The summed E-state index contributed by atoms with van der Waals surface area (Å²) in [4.78, 5) is 3.96. The van der Waals surface area contributed by atoms with Crippen LogP contribution in [0.1, 0.15) is 18.4 Å². The van der Waals surface area contributed by atoms with Gasteiger partial charge in [-0.1, -0.05) is 0 Å². The van der Waals surface area contributed by atoms with E-state index in [0.29, 0.717) is 0 Å². The van der Waals surface area contributed by atoms with Crippen molar-refractivity contribution in [3.63, 3.8) is 0 Å². The molecule has 3 nitrogen and oxygen atoms in total. The van der Waals surface area contributed by atoms with E-state index in [2.05, 4.69) is 26.2 Å². The second-order valence-corrected chi connectivity index (χ2v) is 5.36. The molecule has 0 aliphatic heterocycles. The quantitative estimate of drug-likeness (QED) is 0.616.